The van der Waals surface area contributed by atoms with Crippen LogP contribution in [0.5, 0.6) is 5.75 Å². The summed E-state index contributed by atoms with van der Waals surface area (Å²) < 4.78 is 45.5. The van der Waals surface area contributed by atoms with Crippen molar-refractivity contribution in [3.05, 3.63) is 65.0 Å². The number of para-hydroxylation sites is 1. The lowest BCUT2D eigenvalue weighted by Crippen LogP contribution is -2.48. The van der Waals surface area contributed by atoms with Gasteiger partial charge in [0.15, 0.2) is 17.5 Å². The number of halogens is 4. The van der Waals surface area contributed by atoms with Crippen molar-refractivity contribution in [2.75, 3.05) is 26.7 Å². The number of hydrogen-bond donors (Lipinski definition) is 1. The Morgan fingerprint density at radius 1 is 1.19 bits per heavy atom. The van der Waals surface area contributed by atoms with Gasteiger partial charge < -0.3 is 15.0 Å². The molecule has 1 aliphatic heterocycles. The molecule has 0 bridgehead atoms. The molecule has 140 valence electrons. The molecule has 1 aliphatic rings. The van der Waals surface area contributed by atoms with Crippen LogP contribution >= 0.6 is 12.4 Å². The van der Waals surface area contributed by atoms with E-state index in [0.717, 1.165) is 17.7 Å². The number of methoxy groups -OCH3 is 1. The van der Waals surface area contributed by atoms with Crippen molar-refractivity contribution in [1.82, 2.24) is 10.2 Å². The Hall–Kier alpha value is -2.25. The predicted octanol–water partition coefficient (Wildman–Crippen LogP) is 3.32. The van der Waals surface area contributed by atoms with Crippen LogP contribution in [0.15, 0.2) is 36.4 Å². The zero-order chi connectivity index (χ0) is 18.0. The molecule has 0 saturated carbocycles. The molecule has 1 heterocycles. The third-order valence-corrected chi connectivity index (χ3v) is 4.23. The Labute approximate surface area is 155 Å². The molecule has 0 aromatic heterocycles. The minimum Gasteiger partial charge on any atom is -0.496 e. The molecule has 1 unspecified atom stereocenters. The van der Waals surface area contributed by atoms with Gasteiger partial charge in [0.25, 0.3) is 5.91 Å². The Morgan fingerprint density at radius 3 is 2.50 bits per heavy atom. The zero-order valence-corrected chi connectivity index (χ0v) is 14.8. The molecule has 1 saturated heterocycles. The molecule has 1 N–H and O–H groups in total. The molecule has 0 radical (unpaired) electrons. The van der Waals surface area contributed by atoms with Gasteiger partial charge in [-0.2, -0.15) is 0 Å². The Bertz CT molecular complexity index is 781. The van der Waals surface area contributed by atoms with Crippen LogP contribution < -0.4 is 10.1 Å². The lowest BCUT2D eigenvalue weighted by Gasteiger charge is -2.37. The summed E-state index contributed by atoms with van der Waals surface area (Å²) in [7, 11) is 1.53. The average molecular weight is 387 g/mol. The molecule has 1 fully saturated rings. The van der Waals surface area contributed by atoms with Gasteiger partial charge in [-0.15, -0.1) is 12.4 Å². The van der Waals surface area contributed by atoms with Crippen molar-refractivity contribution in [1.29, 1.82) is 0 Å². The van der Waals surface area contributed by atoms with Gasteiger partial charge in [-0.05, 0) is 18.2 Å². The Balaban J connectivity index is 0.00000243. The third kappa shape index (κ3) is 3.78. The predicted molar refractivity (Wildman–Crippen MR) is 93.2 cm³/mol. The van der Waals surface area contributed by atoms with Crippen LogP contribution in [0.2, 0.25) is 0 Å². The van der Waals surface area contributed by atoms with Crippen molar-refractivity contribution in [3.63, 3.8) is 0 Å². The van der Waals surface area contributed by atoms with Gasteiger partial charge in [0.1, 0.15) is 5.75 Å². The molecule has 1 amide bonds. The monoisotopic (exact) mass is 386 g/mol. The highest BCUT2D eigenvalue weighted by Crippen LogP contribution is 2.31. The minimum absolute atomic E-state index is 0. The fourth-order valence-corrected chi connectivity index (χ4v) is 3.01. The number of nitrogens with zero attached hydrogens (tertiary/aromatic N) is 1. The summed E-state index contributed by atoms with van der Waals surface area (Å²) in [5, 5.41) is 3.20. The lowest BCUT2D eigenvalue weighted by molar-refractivity contribution is 0.0630. The standard InChI is InChI=1S/C18H17F3N2O2.ClH/c1-25-16-5-3-2-4-12(16)15-10-22-6-7-23(15)18(24)11-8-13(19)17(21)14(20)9-11;/h2-5,8-9,15,22H,6-7,10H2,1H3;1H. The topological polar surface area (TPSA) is 41.6 Å². The second-order valence-electron chi connectivity index (χ2n) is 5.71. The summed E-state index contributed by atoms with van der Waals surface area (Å²) in [6.07, 6.45) is 0. The Kier molecular flexibility index (Phi) is 6.50. The first kappa shape index (κ1) is 20.1. The van der Waals surface area contributed by atoms with Crippen molar-refractivity contribution >= 4 is 18.3 Å². The van der Waals surface area contributed by atoms with Crippen LogP contribution in [-0.2, 0) is 0 Å². The van der Waals surface area contributed by atoms with Gasteiger partial charge in [0.05, 0.1) is 13.2 Å². The molecular weight excluding hydrogens is 369 g/mol. The molecule has 2 aromatic carbocycles. The van der Waals surface area contributed by atoms with E-state index in [2.05, 4.69) is 5.32 Å². The molecule has 2 aromatic rings. The molecule has 4 nitrogen and oxygen atoms in total. The normalized spacial score (nSPS) is 16.8. The second-order valence-corrected chi connectivity index (χ2v) is 5.71. The molecule has 3 rings (SSSR count). The number of nitrogens with one attached hydrogen (secondary N) is 1. The summed E-state index contributed by atoms with van der Waals surface area (Å²) >= 11 is 0. The number of rotatable bonds is 3. The first-order chi connectivity index (χ1) is 12.0. The summed E-state index contributed by atoms with van der Waals surface area (Å²) in [6.45, 7) is 1.37. The number of piperazine rings is 1. The summed E-state index contributed by atoms with van der Waals surface area (Å²) in [4.78, 5) is 14.3. The Morgan fingerprint density at radius 2 is 1.85 bits per heavy atom. The highest BCUT2D eigenvalue weighted by molar-refractivity contribution is 5.94. The van der Waals surface area contributed by atoms with Gasteiger partial charge in [-0.3, -0.25) is 4.79 Å². The van der Waals surface area contributed by atoms with Crippen LogP contribution in [0.25, 0.3) is 0 Å². The van der Waals surface area contributed by atoms with Crippen LogP contribution in [-0.4, -0.2) is 37.6 Å². The number of benzene rings is 2. The smallest absolute Gasteiger partial charge is 0.254 e. The number of carbonyl (C=O) groups excluding carboxylic acids is 1. The van der Waals surface area contributed by atoms with E-state index in [-0.39, 0.29) is 24.0 Å². The third-order valence-electron chi connectivity index (χ3n) is 4.23. The fourth-order valence-electron chi connectivity index (χ4n) is 3.01. The maximum Gasteiger partial charge on any atom is 0.254 e. The van der Waals surface area contributed by atoms with Gasteiger partial charge in [-0.25, -0.2) is 13.2 Å². The summed E-state index contributed by atoms with van der Waals surface area (Å²) in [6, 6.07) is 8.34. The highest BCUT2D eigenvalue weighted by Gasteiger charge is 2.31. The van der Waals surface area contributed by atoms with Crippen molar-refractivity contribution in [2.24, 2.45) is 0 Å². The largest absolute Gasteiger partial charge is 0.496 e. The van der Waals surface area contributed by atoms with Crippen molar-refractivity contribution in [3.8, 4) is 5.75 Å². The van der Waals surface area contributed by atoms with Gasteiger partial charge in [0.2, 0.25) is 0 Å². The van der Waals surface area contributed by atoms with Crippen molar-refractivity contribution in [2.45, 2.75) is 6.04 Å². The first-order valence-corrected chi connectivity index (χ1v) is 7.82. The van der Waals surface area contributed by atoms with Crippen LogP contribution in [0, 0.1) is 17.5 Å². The van der Waals surface area contributed by atoms with Gasteiger partial charge >= 0.3 is 0 Å². The number of ether oxygens (including phenoxy) is 1. The minimum atomic E-state index is -1.59. The highest BCUT2D eigenvalue weighted by atomic mass is 35.5. The van der Waals surface area contributed by atoms with Crippen LogP contribution in [0.4, 0.5) is 13.2 Å². The van der Waals surface area contributed by atoms with E-state index in [0.29, 0.717) is 25.4 Å². The number of hydrogen-bond acceptors (Lipinski definition) is 3. The van der Waals surface area contributed by atoms with Crippen LogP contribution in [0.3, 0.4) is 0 Å². The van der Waals surface area contributed by atoms with E-state index in [1.807, 2.05) is 18.2 Å². The van der Waals surface area contributed by atoms with E-state index in [9.17, 15) is 18.0 Å². The maximum absolute atomic E-state index is 13.5. The maximum atomic E-state index is 13.5. The molecular formula is C18H18ClF3N2O2. The van der Waals surface area contributed by atoms with E-state index >= 15 is 0 Å². The molecule has 1 atom stereocenters. The first-order valence-electron chi connectivity index (χ1n) is 7.82. The molecule has 0 spiro atoms. The quantitative estimate of drug-likeness (QED) is 0.823. The summed E-state index contributed by atoms with van der Waals surface area (Å²) in [5.41, 5.74) is 0.562. The number of amides is 1. The fraction of sp³-hybridized carbons (Fsp3) is 0.278. The van der Waals surface area contributed by atoms with E-state index < -0.39 is 23.4 Å². The van der Waals surface area contributed by atoms with Gasteiger partial charge in [0, 0.05) is 30.8 Å². The molecule has 8 heteroatoms. The van der Waals surface area contributed by atoms with Gasteiger partial charge in [-0.1, -0.05) is 18.2 Å². The average Bonchev–Trinajstić information content (AvgIpc) is 2.65. The van der Waals surface area contributed by atoms with E-state index in [4.69, 9.17) is 4.74 Å². The SMILES string of the molecule is COc1ccccc1C1CNCCN1C(=O)c1cc(F)c(F)c(F)c1.Cl. The van der Waals surface area contributed by atoms with E-state index in [1.54, 1.807) is 6.07 Å². The summed E-state index contributed by atoms with van der Waals surface area (Å²) in [5.74, 6) is -4.29. The number of carbonyl (C=O) groups is 1. The lowest BCUT2D eigenvalue weighted by atomic mass is 10.0. The van der Waals surface area contributed by atoms with Crippen molar-refractivity contribution < 1.29 is 22.7 Å². The van der Waals surface area contributed by atoms with Crippen LogP contribution in [0.1, 0.15) is 22.0 Å². The molecule has 26 heavy (non-hydrogen) atoms. The molecule has 0 aliphatic carbocycles. The van der Waals surface area contributed by atoms with E-state index in [1.165, 1.54) is 12.0 Å². The zero-order valence-electron chi connectivity index (χ0n) is 14.0. The second kappa shape index (κ2) is 8.42.